The van der Waals surface area contributed by atoms with Crippen LogP contribution < -0.4 is 5.32 Å². The first-order chi connectivity index (χ1) is 15.0. The highest BCUT2D eigenvalue weighted by Crippen LogP contribution is 2.34. The summed E-state index contributed by atoms with van der Waals surface area (Å²) in [4.78, 5) is 39.3. The van der Waals surface area contributed by atoms with Gasteiger partial charge in [-0.15, -0.1) is 0 Å². The van der Waals surface area contributed by atoms with Gasteiger partial charge in [-0.05, 0) is 54.9 Å². The molecule has 31 heavy (non-hydrogen) atoms. The predicted molar refractivity (Wildman–Crippen MR) is 123 cm³/mol. The lowest BCUT2D eigenvalue weighted by Gasteiger charge is -2.35. The van der Waals surface area contributed by atoms with Crippen LogP contribution in [0.15, 0.2) is 54.6 Å². The molecule has 2 fully saturated rings. The van der Waals surface area contributed by atoms with Crippen LogP contribution in [0, 0.1) is 0 Å². The van der Waals surface area contributed by atoms with Crippen LogP contribution in [-0.2, 0) is 11.3 Å². The topological polar surface area (TPSA) is 69.7 Å². The summed E-state index contributed by atoms with van der Waals surface area (Å²) in [7, 11) is 1.86. The zero-order valence-electron chi connectivity index (χ0n) is 17.6. The monoisotopic (exact) mass is 437 g/mol. The van der Waals surface area contributed by atoms with Crippen molar-refractivity contribution in [2.24, 2.45) is 0 Å². The molecule has 1 N–H and O–H groups in total. The summed E-state index contributed by atoms with van der Waals surface area (Å²) in [6.45, 7) is 0.267. The number of hydrogen-bond donors (Lipinski definition) is 1. The summed E-state index contributed by atoms with van der Waals surface area (Å²) in [5.41, 5.74) is 2.95. The molecule has 1 aliphatic heterocycles. The fourth-order valence-corrected chi connectivity index (χ4v) is 5.03. The summed E-state index contributed by atoms with van der Waals surface area (Å²) in [6.07, 6.45) is 4.18. The van der Waals surface area contributed by atoms with Crippen LogP contribution >= 0.6 is 11.8 Å². The maximum Gasteiger partial charge on any atom is 0.321 e. The highest BCUT2D eigenvalue weighted by Gasteiger charge is 2.30. The van der Waals surface area contributed by atoms with Crippen molar-refractivity contribution in [3.05, 3.63) is 65.7 Å². The molecule has 1 aliphatic carbocycles. The van der Waals surface area contributed by atoms with Crippen LogP contribution in [0.5, 0.6) is 0 Å². The summed E-state index contributed by atoms with van der Waals surface area (Å²) >= 11 is 1.03. The Kier molecular flexibility index (Phi) is 6.61. The molecule has 1 saturated heterocycles. The number of nitrogens with zero attached hydrogens (tertiary/aromatic N) is 2. The van der Waals surface area contributed by atoms with Crippen LogP contribution in [0.25, 0.3) is 0 Å². The predicted octanol–water partition coefficient (Wildman–Crippen LogP) is 5.07. The molecule has 0 atom stereocenters. The number of anilines is 1. The van der Waals surface area contributed by atoms with E-state index in [1.54, 1.807) is 0 Å². The van der Waals surface area contributed by atoms with Crippen LogP contribution in [0.3, 0.4) is 0 Å². The Balaban J connectivity index is 1.28. The molecular formula is C24H27N3O3S. The molecule has 4 amide bonds. The average molecular weight is 438 g/mol. The quantitative estimate of drug-likeness (QED) is 0.709. The summed E-state index contributed by atoms with van der Waals surface area (Å²) < 4.78 is 0. The first-order valence-corrected chi connectivity index (χ1v) is 11.6. The van der Waals surface area contributed by atoms with E-state index in [0.717, 1.165) is 43.0 Å². The number of thioether (sulfide) groups is 1. The number of rotatable bonds is 5. The largest absolute Gasteiger partial charge is 0.325 e. The Labute approximate surface area is 187 Å². The fraction of sp³-hybridized carbons (Fsp3) is 0.375. The van der Waals surface area contributed by atoms with Crippen molar-refractivity contribution in [3.8, 4) is 0 Å². The van der Waals surface area contributed by atoms with E-state index >= 15 is 0 Å². The van der Waals surface area contributed by atoms with Crippen molar-refractivity contribution in [1.82, 2.24) is 9.80 Å². The van der Waals surface area contributed by atoms with Crippen LogP contribution in [0.4, 0.5) is 15.3 Å². The van der Waals surface area contributed by atoms with E-state index in [1.807, 2.05) is 42.3 Å². The SMILES string of the molecule is CN(C(=O)Nc1ccc(CN2C(=O)CSC2=O)cc1)C1CCC(c2ccccc2)CC1. The van der Waals surface area contributed by atoms with E-state index in [2.05, 4.69) is 29.6 Å². The van der Waals surface area contributed by atoms with Gasteiger partial charge in [0.25, 0.3) is 5.24 Å². The van der Waals surface area contributed by atoms with Crippen LogP contribution in [0.2, 0.25) is 0 Å². The van der Waals surface area contributed by atoms with E-state index in [9.17, 15) is 14.4 Å². The lowest BCUT2D eigenvalue weighted by Crippen LogP contribution is -2.41. The first-order valence-electron chi connectivity index (χ1n) is 10.7. The Morgan fingerprint density at radius 2 is 1.71 bits per heavy atom. The van der Waals surface area contributed by atoms with E-state index in [4.69, 9.17) is 0 Å². The van der Waals surface area contributed by atoms with Gasteiger partial charge in [0.2, 0.25) is 5.91 Å². The van der Waals surface area contributed by atoms with Crippen molar-refractivity contribution in [3.63, 3.8) is 0 Å². The molecule has 1 saturated carbocycles. The fourth-order valence-electron chi connectivity index (χ4n) is 4.31. The molecule has 0 spiro atoms. The van der Waals surface area contributed by atoms with Gasteiger partial charge in [0, 0.05) is 18.8 Å². The van der Waals surface area contributed by atoms with Gasteiger partial charge >= 0.3 is 6.03 Å². The lowest BCUT2D eigenvalue weighted by molar-refractivity contribution is -0.125. The zero-order chi connectivity index (χ0) is 21.8. The van der Waals surface area contributed by atoms with Gasteiger partial charge in [0.1, 0.15) is 0 Å². The first kappa shape index (κ1) is 21.4. The number of carbonyl (C=O) groups excluding carboxylic acids is 3. The summed E-state index contributed by atoms with van der Waals surface area (Å²) in [6, 6.07) is 18.0. The molecular weight excluding hydrogens is 410 g/mol. The molecule has 0 bridgehead atoms. The molecule has 7 heteroatoms. The molecule has 2 aromatic rings. The summed E-state index contributed by atoms with van der Waals surface area (Å²) in [5, 5.41) is 2.75. The van der Waals surface area contributed by atoms with E-state index in [0.29, 0.717) is 11.6 Å². The zero-order valence-corrected chi connectivity index (χ0v) is 18.4. The minimum Gasteiger partial charge on any atom is -0.325 e. The van der Waals surface area contributed by atoms with Crippen LogP contribution in [0.1, 0.15) is 42.7 Å². The maximum absolute atomic E-state index is 12.7. The average Bonchev–Trinajstić information content (AvgIpc) is 3.12. The van der Waals surface area contributed by atoms with Gasteiger partial charge in [0.05, 0.1) is 12.3 Å². The van der Waals surface area contributed by atoms with Crippen molar-refractivity contribution in [1.29, 1.82) is 0 Å². The number of amides is 4. The van der Waals surface area contributed by atoms with Crippen molar-refractivity contribution >= 4 is 34.6 Å². The number of imide groups is 1. The number of benzene rings is 2. The molecule has 1 heterocycles. The highest BCUT2D eigenvalue weighted by atomic mass is 32.2. The standard InChI is InChI=1S/C24H27N3O3S/c1-26(21-13-9-19(10-14-21)18-5-3-2-4-6-18)23(29)25-20-11-7-17(8-12-20)15-27-22(28)16-31-24(27)30/h2-8,11-12,19,21H,9-10,13-16H2,1H3,(H,25,29). The number of urea groups is 1. The second-order valence-electron chi connectivity index (χ2n) is 8.19. The van der Waals surface area contributed by atoms with Gasteiger partial charge in [-0.2, -0.15) is 0 Å². The Bertz CT molecular complexity index is 924. The van der Waals surface area contributed by atoms with E-state index < -0.39 is 0 Å². The lowest BCUT2D eigenvalue weighted by atomic mass is 9.81. The minimum atomic E-state index is -0.203. The van der Waals surface area contributed by atoms with Gasteiger partial charge in [0.15, 0.2) is 0 Å². The third kappa shape index (κ3) is 5.10. The smallest absolute Gasteiger partial charge is 0.321 e. The molecule has 2 aliphatic rings. The minimum absolute atomic E-state index is 0.114. The second-order valence-corrected chi connectivity index (χ2v) is 9.12. The third-order valence-electron chi connectivity index (χ3n) is 6.22. The molecule has 0 aromatic heterocycles. The molecule has 0 radical (unpaired) electrons. The molecule has 0 unspecified atom stereocenters. The number of nitrogens with one attached hydrogen (secondary N) is 1. The van der Waals surface area contributed by atoms with Crippen molar-refractivity contribution < 1.29 is 14.4 Å². The third-order valence-corrected chi connectivity index (χ3v) is 7.08. The highest BCUT2D eigenvalue weighted by molar-refractivity contribution is 8.14. The van der Waals surface area contributed by atoms with Gasteiger partial charge in [-0.1, -0.05) is 54.2 Å². The Morgan fingerprint density at radius 1 is 1.03 bits per heavy atom. The second kappa shape index (κ2) is 9.56. The van der Waals surface area contributed by atoms with Crippen LogP contribution in [-0.4, -0.2) is 45.8 Å². The number of carbonyl (C=O) groups is 3. The molecule has 6 nitrogen and oxygen atoms in total. The number of hydrogen-bond acceptors (Lipinski definition) is 4. The van der Waals surface area contributed by atoms with Gasteiger partial charge in [-0.3, -0.25) is 14.5 Å². The van der Waals surface area contributed by atoms with E-state index in [1.165, 1.54) is 10.5 Å². The maximum atomic E-state index is 12.7. The summed E-state index contributed by atoms with van der Waals surface area (Å²) in [5.74, 6) is 0.636. The van der Waals surface area contributed by atoms with Crippen molar-refractivity contribution in [2.45, 2.75) is 44.2 Å². The Hall–Kier alpha value is -2.80. The van der Waals surface area contributed by atoms with Gasteiger partial charge in [-0.25, -0.2) is 4.79 Å². The molecule has 2 aromatic carbocycles. The van der Waals surface area contributed by atoms with E-state index in [-0.39, 0.29) is 35.5 Å². The molecule has 4 rings (SSSR count). The molecule has 162 valence electrons. The normalized spacial score (nSPS) is 21.3. The van der Waals surface area contributed by atoms with Gasteiger partial charge < -0.3 is 10.2 Å². The van der Waals surface area contributed by atoms with Crippen molar-refractivity contribution in [2.75, 3.05) is 18.1 Å². The Morgan fingerprint density at radius 3 is 2.32 bits per heavy atom.